The summed E-state index contributed by atoms with van der Waals surface area (Å²) in [6.07, 6.45) is 0. The predicted molar refractivity (Wildman–Crippen MR) is 69.1 cm³/mol. The quantitative estimate of drug-likeness (QED) is 0.735. The molecule has 2 heterocycles. The van der Waals surface area contributed by atoms with Gasteiger partial charge in [-0.25, -0.2) is 0 Å². The Kier molecular flexibility index (Phi) is 3.25. The molecule has 1 nitrogen and oxygen atoms in total. The van der Waals surface area contributed by atoms with E-state index in [9.17, 15) is 4.79 Å². The first-order chi connectivity index (χ1) is 6.26. The lowest BCUT2D eigenvalue weighted by Crippen LogP contribution is -1.75. The molecule has 70 valence electrons. The third-order valence-corrected chi connectivity index (χ3v) is 7.16. The van der Waals surface area contributed by atoms with Crippen molar-refractivity contribution in [3.05, 3.63) is 18.6 Å². The van der Waals surface area contributed by atoms with Crippen LogP contribution in [0.1, 0.15) is 9.75 Å². The SMILES string of the molecule is O=c1sc2c(CBr)sc(CBr)c2s1. The Labute approximate surface area is 104 Å². The van der Waals surface area contributed by atoms with Crippen LogP contribution in [0.2, 0.25) is 0 Å². The van der Waals surface area contributed by atoms with Gasteiger partial charge in [-0.3, -0.25) is 4.79 Å². The normalized spacial score (nSPS) is 11.2. The van der Waals surface area contributed by atoms with E-state index in [1.165, 1.54) is 41.8 Å². The van der Waals surface area contributed by atoms with Crippen molar-refractivity contribution >= 4 is 75.3 Å². The topological polar surface area (TPSA) is 17.1 Å². The molecule has 0 radical (unpaired) electrons. The third kappa shape index (κ3) is 1.79. The molecule has 0 amide bonds. The molecule has 2 rings (SSSR count). The van der Waals surface area contributed by atoms with Crippen LogP contribution in [0.3, 0.4) is 0 Å². The molecule has 0 atom stereocenters. The van der Waals surface area contributed by atoms with Crippen LogP contribution in [-0.2, 0) is 10.7 Å². The van der Waals surface area contributed by atoms with Gasteiger partial charge in [-0.15, -0.1) is 11.3 Å². The summed E-state index contributed by atoms with van der Waals surface area (Å²) in [5.41, 5.74) is 0. The van der Waals surface area contributed by atoms with Crippen LogP contribution in [0.15, 0.2) is 4.79 Å². The minimum atomic E-state index is 0.196. The van der Waals surface area contributed by atoms with Gasteiger partial charge in [0.25, 0.3) is 4.06 Å². The fraction of sp³-hybridized carbons (Fsp3) is 0.286. The molecule has 2 aromatic rings. The Morgan fingerprint density at radius 2 is 1.38 bits per heavy atom. The van der Waals surface area contributed by atoms with Crippen LogP contribution >= 0.6 is 65.9 Å². The van der Waals surface area contributed by atoms with Gasteiger partial charge >= 0.3 is 0 Å². The van der Waals surface area contributed by atoms with Gasteiger partial charge in [0.2, 0.25) is 0 Å². The highest BCUT2D eigenvalue weighted by atomic mass is 79.9. The van der Waals surface area contributed by atoms with Crippen molar-refractivity contribution < 1.29 is 0 Å². The fourth-order valence-electron chi connectivity index (χ4n) is 1.06. The molecular weight excluding hydrogens is 356 g/mol. The molecule has 0 aliphatic heterocycles. The van der Waals surface area contributed by atoms with E-state index in [4.69, 9.17) is 0 Å². The highest BCUT2D eigenvalue weighted by molar-refractivity contribution is 9.09. The van der Waals surface area contributed by atoms with Gasteiger partial charge in [-0.1, -0.05) is 54.5 Å². The monoisotopic (exact) mass is 358 g/mol. The minimum absolute atomic E-state index is 0.196. The zero-order chi connectivity index (χ0) is 9.42. The van der Waals surface area contributed by atoms with Gasteiger partial charge in [0.15, 0.2) is 0 Å². The number of thiophene rings is 1. The van der Waals surface area contributed by atoms with E-state index in [-0.39, 0.29) is 4.06 Å². The van der Waals surface area contributed by atoms with E-state index >= 15 is 0 Å². The van der Waals surface area contributed by atoms with Gasteiger partial charge in [-0.2, -0.15) is 0 Å². The van der Waals surface area contributed by atoms with Crippen molar-refractivity contribution in [1.82, 2.24) is 0 Å². The lowest BCUT2D eigenvalue weighted by atomic mass is 10.4. The average Bonchev–Trinajstić information content (AvgIpc) is 2.61. The zero-order valence-corrected chi connectivity index (χ0v) is 11.9. The molecule has 0 aliphatic carbocycles. The Hall–Kier alpha value is 0.770. The highest BCUT2D eigenvalue weighted by Gasteiger charge is 2.13. The summed E-state index contributed by atoms with van der Waals surface area (Å²) in [6, 6.07) is 0. The lowest BCUT2D eigenvalue weighted by Gasteiger charge is -1.84. The smallest absolute Gasteiger partial charge is 0.265 e. The van der Waals surface area contributed by atoms with Crippen molar-refractivity contribution in [3.63, 3.8) is 0 Å². The number of alkyl halides is 2. The molecule has 0 spiro atoms. The molecule has 0 saturated heterocycles. The average molecular weight is 360 g/mol. The molecule has 0 N–H and O–H groups in total. The van der Waals surface area contributed by atoms with Gasteiger partial charge < -0.3 is 0 Å². The second kappa shape index (κ2) is 4.10. The van der Waals surface area contributed by atoms with E-state index in [0.29, 0.717) is 0 Å². The standard InChI is InChI=1S/C7H4Br2OS3/c8-1-3-5-6(4(2-9)11-3)13-7(10)12-5/h1-2H2. The number of hydrogen-bond acceptors (Lipinski definition) is 4. The second-order valence-corrected chi connectivity index (χ2v) is 6.86. The molecule has 0 saturated carbocycles. The van der Waals surface area contributed by atoms with Crippen LogP contribution in [0.4, 0.5) is 0 Å². The van der Waals surface area contributed by atoms with Gasteiger partial charge in [0, 0.05) is 20.4 Å². The molecular formula is C7H4Br2OS3. The number of hydrogen-bond donors (Lipinski definition) is 0. The first kappa shape index (κ1) is 10.3. The molecule has 13 heavy (non-hydrogen) atoms. The van der Waals surface area contributed by atoms with Gasteiger partial charge in [-0.05, 0) is 0 Å². The minimum Gasteiger partial charge on any atom is -0.265 e. The molecule has 6 heteroatoms. The number of rotatable bonds is 2. The highest BCUT2D eigenvalue weighted by Crippen LogP contribution is 2.38. The summed E-state index contributed by atoms with van der Waals surface area (Å²) in [4.78, 5) is 13.7. The summed E-state index contributed by atoms with van der Waals surface area (Å²) in [7, 11) is 0. The number of fused-ring (bicyclic) bond motifs is 1. The Morgan fingerprint density at radius 1 is 0.923 bits per heavy atom. The molecule has 0 aromatic carbocycles. The second-order valence-electron chi connectivity index (χ2n) is 2.33. The van der Waals surface area contributed by atoms with Crippen LogP contribution in [0, 0.1) is 0 Å². The molecule has 0 unspecified atom stereocenters. The summed E-state index contributed by atoms with van der Waals surface area (Å²) < 4.78 is 2.54. The van der Waals surface area contributed by atoms with Crippen molar-refractivity contribution in [1.29, 1.82) is 0 Å². The third-order valence-electron chi connectivity index (χ3n) is 1.57. The lowest BCUT2D eigenvalue weighted by molar-refractivity contribution is 1.64. The molecule has 2 aromatic heterocycles. The van der Waals surface area contributed by atoms with Crippen molar-refractivity contribution in [2.24, 2.45) is 0 Å². The fourth-order valence-corrected chi connectivity index (χ4v) is 6.16. The van der Waals surface area contributed by atoms with E-state index in [1.54, 1.807) is 11.3 Å². The van der Waals surface area contributed by atoms with Crippen molar-refractivity contribution in [3.8, 4) is 0 Å². The summed E-state index contributed by atoms with van der Waals surface area (Å²) in [5.74, 6) is 0. The van der Waals surface area contributed by atoms with E-state index < -0.39 is 0 Å². The summed E-state index contributed by atoms with van der Waals surface area (Å²) in [5, 5.41) is 1.68. The largest absolute Gasteiger partial charge is 0.288 e. The van der Waals surface area contributed by atoms with Crippen LogP contribution < -0.4 is 4.06 Å². The van der Waals surface area contributed by atoms with Gasteiger partial charge in [0.05, 0.1) is 9.40 Å². The van der Waals surface area contributed by atoms with Crippen molar-refractivity contribution in [2.75, 3.05) is 0 Å². The van der Waals surface area contributed by atoms with E-state index in [0.717, 1.165) is 10.7 Å². The molecule has 0 aliphatic rings. The van der Waals surface area contributed by atoms with Crippen molar-refractivity contribution in [2.45, 2.75) is 10.7 Å². The Bertz CT molecular complexity index is 442. The molecule has 0 fully saturated rings. The molecule has 0 bridgehead atoms. The van der Waals surface area contributed by atoms with Gasteiger partial charge in [0.1, 0.15) is 0 Å². The van der Waals surface area contributed by atoms with E-state index in [2.05, 4.69) is 31.9 Å². The maximum atomic E-state index is 11.2. The predicted octanol–water partition coefficient (Wildman–Crippen LogP) is 4.17. The summed E-state index contributed by atoms with van der Waals surface area (Å²) in [6.45, 7) is 0. The maximum Gasteiger partial charge on any atom is 0.288 e. The zero-order valence-electron chi connectivity index (χ0n) is 6.30. The Morgan fingerprint density at radius 3 is 1.77 bits per heavy atom. The van der Waals surface area contributed by atoms with E-state index in [1.807, 2.05) is 0 Å². The summed E-state index contributed by atoms with van der Waals surface area (Å²) >= 11 is 11.4. The maximum absolute atomic E-state index is 11.2. The van der Waals surface area contributed by atoms with Crippen LogP contribution in [0.5, 0.6) is 0 Å². The Balaban J connectivity index is 2.80. The number of halogens is 2. The van der Waals surface area contributed by atoms with Crippen LogP contribution in [-0.4, -0.2) is 0 Å². The first-order valence-electron chi connectivity index (χ1n) is 3.42. The first-order valence-corrected chi connectivity index (χ1v) is 8.11. The van der Waals surface area contributed by atoms with Crippen LogP contribution in [0.25, 0.3) is 9.40 Å².